The molecule has 0 saturated heterocycles. The number of aliphatic hydroxyl groups excluding tert-OH is 1. The number of hydrogen-bond donors (Lipinski definition) is 1. The summed E-state index contributed by atoms with van der Waals surface area (Å²) in [7, 11) is 0. The second kappa shape index (κ2) is 5.92. The molecule has 0 bridgehead atoms. The molecule has 0 radical (unpaired) electrons. The second-order valence-corrected chi connectivity index (χ2v) is 7.02. The van der Waals surface area contributed by atoms with E-state index in [0.717, 1.165) is 12.6 Å². The van der Waals surface area contributed by atoms with E-state index in [0.29, 0.717) is 6.04 Å². The van der Waals surface area contributed by atoms with E-state index in [2.05, 4.69) is 25.7 Å². The lowest BCUT2D eigenvalue weighted by Crippen LogP contribution is -2.55. The molecule has 2 rings (SSSR count). The van der Waals surface area contributed by atoms with E-state index in [1.165, 1.54) is 51.4 Å². The van der Waals surface area contributed by atoms with Crippen LogP contribution in [0.4, 0.5) is 0 Å². The molecule has 18 heavy (non-hydrogen) atoms. The topological polar surface area (TPSA) is 23.5 Å². The number of hydrogen-bond acceptors (Lipinski definition) is 2. The number of aliphatic hydroxyl groups is 1. The lowest BCUT2D eigenvalue weighted by molar-refractivity contribution is -0.0716. The van der Waals surface area contributed by atoms with Crippen LogP contribution in [0.15, 0.2) is 0 Å². The molecule has 2 heteroatoms. The maximum Gasteiger partial charge on any atom is 0.0746 e. The van der Waals surface area contributed by atoms with E-state index in [-0.39, 0.29) is 11.5 Å². The summed E-state index contributed by atoms with van der Waals surface area (Å²) in [5.74, 6) is 0. The van der Waals surface area contributed by atoms with Crippen molar-refractivity contribution < 1.29 is 5.11 Å². The van der Waals surface area contributed by atoms with Gasteiger partial charge in [-0.05, 0) is 37.6 Å². The molecule has 0 amide bonds. The fraction of sp³-hybridized carbons (Fsp3) is 1.00. The zero-order valence-electron chi connectivity index (χ0n) is 12.5. The summed E-state index contributed by atoms with van der Waals surface area (Å²) in [6, 6.07) is 1.14. The van der Waals surface area contributed by atoms with Gasteiger partial charge in [-0.3, -0.25) is 4.90 Å². The molecule has 2 saturated carbocycles. The average Bonchev–Trinajstić information content (AvgIpc) is 2.37. The molecular weight excluding hydrogens is 222 g/mol. The molecule has 1 N–H and O–H groups in total. The van der Waals surface area contributed by atoms with Gasteiger partial charge in [0, 0.05) is 12.1 Å². The first-order valence-electron chi connectivity index (χ1n) is 8.00. The molecule has 2 fully saturated rings. The highest BCUT2D eigenvalue weighted by molar-refractivity contribution is 4.95. The van der Waals surface area contributed by atoms with Gasteiger partial charge in [-0.2, -0.15) is 0 Å². The third kappa shape index (κ3) is 2.91. The predicted molar refractivity (Wildman–Crippen MR) is 76.7 cm³/mol. The molecule has 0 aromatic carbocycles. The Morgan fingerprint density at radius 2 is 1.72 bits per heavy atom. The Kier molecular flexibility index (Phi) is 4.71. The number of nitrogens with zero attached hydrogens (tertiary/aromatic N) is 1. The van der Waals surface area contributed by atoms with Gasteiger partial charge in [0.25, 0.3) is 0 Å². The van der Waals surface area contributed by atoms with Crippen LogP contribution in [0, 0.1) is 5.41 Å². The van der Waals surface area contributed by atoms with E-state index in [1.54, 1.807) is 0 Å². The third-order valence-corrected chi connectivity index (χ3v) is 5.32. The van der Waals surface area contributed by atoms with Gasteiger partial charge in [0.15, 0.2) is 0 Å². The lowest BCUT2D eigenvalue weighted by atomic mass is 9.71. The van der Waals surface area contributed by atoms with Crippen LogP contribution in [0.25, 0.3) is 0 Å². The van der Waals surface area contributed by atoms with Gasteiger partial charge in [0.05, 0.1) is 6.10 Å². The third-order valence-electron chi connectivity index (χ3n) is 5.32. The van der Waals surface area contributed by atoms with Crippen LogP contribution in [0.5, 0.6) is 0 Å². The molecule has 0 aromatic rings. The first kappa shape index (κ1) is 14.3. The fourth-order valence-electron chi connectivity index (χ4n) is 4.12. The first-order chi connectivity index (χ1) is 8.56. The van der Waals surface area contributed by atoms with Crippen molar-refractivity contribution in [1.29, 1.82) is 0 Å². The van der Waals surface area contributed by atoms with Crippen molar-refractivity contribution in [2.24, 2.45) is 5.41 Å². The van der Waals surface area contributed by atoms with Gasteiger partial charge < -0.3 is 5.11 Å². The molecule has 0 aromatic heterocycles. The Bertz CT molecular complexity index is 258. The van der Waals surface area contributed by atoms with E-state index < -0.39 is 0 Å². The minimum atomic E-state index is -0.145. The molecule has 2 unspecified atom stereocenters. The summed E-state index contributed by atoms with van der Waals surface area (Å²) in [6.07, 6.45) is 10.4. The van der Waals surface area contributed by atoms with Gasteiger partial charge >= 0.3 is 0 Å². The predicted octanol–water partition coefficient (Wildman–Crippen LogP) is 3.58. The summed E-state index contributed by atoms with van der Waals surface area (Å²) in [5.41, 5.74) is 0.102. The summed E-state index contributed by atoms with van der Waals surface area (Å²) < 4.78 is 0. The summed E-state index contributed by atoms with van der Waals surface area (Å²) >= 11 is 0. The Morgan fingerprint density at radius 1 is 1.06 bits per heavy atom. The Morgan fingerprint density at radius 3 is 2.33 bits per heavy atom. The molecular formula is C16H31NO. The van der Waals surface area contributed by atoms with Gasteiger partial charge in [0.2, 0.25) is 0 Å². The normalized spacial score (nSPS) is 33.8. The summed E-state index contributed by atoms with van der Waals surface area (Å²) in [6.45, 7) is 7.84. The van der Waals surface area contributed by atoms with Crippen LogP contribution in [0.3, 0.4) is 0 Å². The highest BCUT2D eigenvalue weighted by Gasteiger charge is 2.41. The molecule has 0 heterocycles. The SMILES string of the molecule is CCN(C1CCCCC1)C1CCCC(C)(C)C1O. The highest BCUT2D eigenvalue weighted by Crippen LogP contribution is 2.39. The minimum Gasteiger partial charge on any atom is -0.391 e. The van der Waals surface area contributed by atoms with Gasteiger partial charge in [-0.25, -0.2) is 0 Å². The second-order valence-electron chi connectivity index (χ2n) is 7.02. The molecule has 2 nitrogen and oxygen atoms in total. The zero-order chi connectivity index (χ0) is 13.2. The zero-order valence-corrected chi connectivity index (χ0v) is 12.5. The smallest absolute Gasteiger partial charge is 0.0746 e. The van der Waals surface area contributed by atoms with Crippen molar-refractivity contribution in [3.63, 3.8) is 0 Å². The van der Waals surface area contributed by atoms with Crippen molar-refractivity contribution in [3.8, 4) is 0 Å². The highest BCUT2D eigenvalue weighted by atomic mass is 16.3. The van der Waals surface area contributed by atoms with E-state index in [4.69, 9.17) is 0 Å². The van der Waals surface area contributed by atoms with Gasteiger partial charge in [-0.1, -0.05) is 46.5 Å². The number of rotatable bonds is 3. The van der Waals surface area contributed by atoms with Crippen LogP contribution in [-0.2, 0) is 0 Å². The minimum absolute atomic E-state index is 0.102. The summed E-state index contributed by atoms with van der Waals surface area (Å²) in [4.78, 5) is 2.63. The molecule has 2 atom stereocenters. The van der Waals surface area contributed by atoms with Gasteiger partial charge in [-0.15, -0.1) is 0 Å². The lowest BCUT2D eigenvalue weighted by Gasteiger charge is -2.48. The Hall–Kier alpha value is -0.0800. The van der Waals surface area contributed by atoms with Crippen LogP contribution < -0.4 is 0 Å². The van der Waals surface area contributed by atoms with Crippen LogP contribution in [0.1, 0.15) is 72.1 Å². The Labute approximate surface area is 113 Å². The van der Waals surface area contributed by atoms with E-state index in [9.17, 15) is 5.11 Å². The Balaban J connectivity index is 2.06. The molecule has 0 aliphatic heterocycles. The summed E-state index contributed by atoms with van der Waals surface area (Å²) in [5, 5.41) is 10.7. The maximum atomic E-state index is 10.7. The maximum absolute atomic E-state index is 10.7. The van der Waals surface area contributed by atoms with Crippen LogP contribution in [0.2, 0.25) is 0 Å². The van der Waals surface area contributed by atoms with E-state index >= 15 is 0 Å². The average molecular weight is 253 g/mol. The van der Waals surface area contributed by atoms with E-state index in [1.807, 2.05) is 0 Å². The number of likely N-dealkylation sites (N-methyl/N-ethyl adjacent to an activating group) is 1. The largest absolute Gasteiger partial charge is 0.391 e. The van der Waals surface area contributed by atoms with Crippen molar-refractivity contribution in [2.45, 2.75) is 90.3 Å². The van der Waals surface area contributed by atoms with Crippen molar-refractivity contribution in [3.05, 3.63) is 0 Å². The monoisotopic (exact) mass is 253 g/mol. The van der Waals surface area contributed by atoms with Crippen molar-refractivity contribution in [2.75, 3.05) is 6.54 Å². The molecule has 0 spiro atoms. The fourth-order valence-corrected chi connectivity index (χ4v) is 4.12. The van der Waals surface area contributed by atoms with Crippen LogP contribution in [-0.4, -0.2) is 34.7 Å². The quantitative estimate of drug-likeness (QED) is 0.831. The standard InChI is InChI=1S/C16H31NO/c1-4-17(13-9-6-5-7-10-13)14-11-8-12-16(2,3)15(14)18/h13-15,18H,4-12H2,1-3H3. The van der Waals surface area contributed by atoms with Crippen molar-refractivity contribution >= 4 is 0 Å². The van der Waals surface area contributed by atoms with Crippen LogP contribution >= 0.6 is 0 Å². The first-order valence-corrected chi connectivity index (χ1v) is 8.00. The molecule has 2 aliphatic carbocycles. The van der Waals surface area contributed by atoms with Gasteiger partial charge in [0.1, 0.15) is 0 Å². The molecule has 106 valence electrons. The van der Waals surface area contributed by atoms with Crippen molar-refractivity contribution in [1.82, 2.24) is 4.90 Å². The molecule has 2 aliphatic rings.